The SMILES string of the molecule is Cc1ccc(C)c2c1C(C(=O)N(C(=O)c1ccccc1)C1CCCCC1)c1ccccc1N2C. The molecule has 0 N–H and O–H groups in total. The fourth-order valence-corrected chi connectivity index (χ4v) is 5.84. The molecule has 1 atom stereocenters. The molecule has 174 valence electrons. The van der Waals surface area contributed by atoms with Crippen LogP contribution in [0.25, 0.3) is 0 Å². The van der Waals surface area contributed by atoms with Crippen LogP contribution < -0.4 is 4.90 Å². The van der Waals surface area contributed by atoms with Gasteiger partial charge >= 0.3 is 0 Å². The molecule has 0 spiro atoms. The van der Waals surface area contributed by atoms with Crippen molar-refractivity contribution in [2.75, 3.05) is 11.9 Å². The Kier molecular flexibility index (Phi) is 5.99. The van der Waals surface area contributed by atoms with Gasteiger partial charge < -0.3 is 4.90 Å². The van der Waals surface area contributed by atoms with Crippen LogP contribution in [-0.4, -0.2) is 29.8 Å². The third-order valence-electron chi connectivity index (χ3n) is 7.53. The highest BCUT2D eigenvalue weighted by molar-refractivity contribution is 6.09. The van der Waals surface area contributed by atoms with Crippen LogP contribution in [0.5, 0.6) is 0 Å². The normalized spacial score (nSPS) is 17.6. The highest BCUT2D eigenvalue weighted by Gasteiger charge is 2.42. The predicted molar refractivity (Wildman–Crippen MR) is 137 cm³/mol. The molecule has 1 heterocycles. The zero-order valence-corrected chi connectivity index (χ0v) is 20.3. The van der Waals surface area contributed by atoms with Crippen LogP contribution in [0.3, 0.4) is 0 Å². The van der Waals surface area contributed by atoms with Crippen LogP contribution in [0.4, 0.5) is 11.4 Å². The molecular weight excluding hydrogens is 420 g/mol. The van der Waals surface area contributed by atoms with Crippen molar-refractivity contribution in [3.63, 3.8) is 0 Å². The lowest BCUT2D eigenvalue weighted by Crippen LogP contribution is -2.48. The van der Waals surface area contributed by atoms with Crippen molar-refractivity contribution >= 4 is 23.2 Å². The Morgan fingerprint density at radius 3 is 2.21 bits per heavy atom. The summed E-state index contributed by atoms with van der Waals surface area (Å²) >= 11 is 0. The average Bonchev–Trinajstić information content (AvgIpc) is 2.87. The number of carbonyl (C=O) groups excluding carboxylic acids is 2. The minimum atomic E-state index is -0.503. The lowest BCUT2D eigenvalue weighted by Gasteiger charge is -2.40. The number of hydrogen-bond donors (Lipinski definition) is 0. The zero-order valence-electron chi connectivity index (χ0n) is 20.3. The first-order chi connectivity index (χ1) is 16.5. The van der Waals surface area contributed by atoms with Gasteiger partial charge in [-0.2, -0.15) is 0 Å². The number of carbonyl (C=O) groups is 2. The second kappa shape index (κ2) is 9.09. The van der Waals surface area contributed by atoms with Crippen molar-refractivity contribution in [2.45, 2.75) is 57.9 Å². The van der Waals surface area contributed by atoms with Gasteiger partial charge in [0, 0.05) is 30.0 Å². The van der Waals surface area contributed by atoms with Gasteiger partial charge in [-0.3, -0.25) is 14.5 Å². The molecule has 1 saturated carbocycles. The summed E-state index contributed by atoms with van der Waals surface area (Å²) in [6, 6.07) is 21.6. The van der Waals surface area contributed by atoms with E-state index in [1.807, 2.05) is 48.5 Å². The summed E-state index contributed by atoms with van der Waals surface area (Å²) in [5, 5.41) is 0. The van der Waals surface area contributed by atoms with Gasteiger partial charge in [0.1, 0.15) is 0 Å². The predicted octanol–water partition coefficient (Wildman–Crippen LogP) is 6.52. The number of fused-ring (bicyclic) bond motifs is 2. The fraction of sp³-hybridized carbons (Fsp3) is 0.333. The Hall–Kier alpha value is -3.40. The van der Waals surface area contributed by atoms with Crippen LogP contribution in [-0.2, 0) is 4.79 Å². The number of aryl methyl sites for hydroxylation is 2. The van der Waals surface area contributed by atoms with Gasteiger partial charge in [-0.15, -0.1) is 0 Å². The Morgan fingerprint density at radius 1 is 0.824 bits per heavy atom. The Balaban J connectivity index is 1.68. The number of nitrogens with zero attached hydrogens (tertiary/aromatic N) is 2. The fourth-order valence-electron chi connectivity index (χ4n) is 5.84. The number of hydrogen-bond acceptors (Lipinski definition) is 3. The molecule has 1 unspecified atom stereocenters. The molecule has 0 bridgehead atoms. The monoisotopic (exact) mass is 452 g/mol. The van der Waals surface area contributed by atoms with Crippen LogP contribution >= 0.6 is 0 Å². The van der Waals surface area contributed by atoms with E-state index in [0.29, 0.717) is 5.56 Å². The van der Waals surface area contributed by atoms with E-state index in [1.54, 1.807) is 4.90 Å². The molecule has 1 fully saturated rings. The van der Waals surface area contributed by atoms with Gasteiger partial charge in [0.15, 0.2) is 0 Å². The molecule has 4 heteroatoms. The number of amides is 2. The maximum absolute atomic E-state index is 14.6. The van der Waals surface area contributed by atoms with E-state index in [0.717, 1.165) is 65.7 Å². The molecule has 5 rings (SSSR count). The van der Waals surface area contributed by atoms with Crippen molar-refractivity contribution in [3.05, 3.63) is 94.5 Å². The van der Waals surface area contributed by atoms with E-state index < -0.39 is 5.92 Å². The van der Waals surface area contributed by atoms with E-state index in [2.05, 4.69) is 44.0 Å². The largest absolute Gasteiger partial charge is 0.344 e. The number of para-hydroxylation sites is 1. The number of rotatable bonds is 3. The number of imide groups is 1. The second-order valence-electron chi connectivity index (χ2n) is 9.68. The molecule has 0 saturated heterocycles. The highest BCUT2D eigenvalue weighted by atomic mass is 16.2. The van der Waals surface area contributed by atoms with Gasteiger partial charge in [-0.05, 0) is 67.1 Å². The van der Waals surface area contributed by atoms with Crippen LogP contribution in [0.1, 0.15) is 70.6 Å². The molecule has 34 heavy (non-hydrogen) atoms. The topological polar surface area (TPSA) is 40.6 Å². The third kappa shape index (κ3) is 3.71. The minimum absolute atomic E-state index is 0.0608. The van der Waals surface area contributed by atoms with E-state index in [1.165, 1.54) is 0 Å². The molecule has 3 aromatic carbocycles. The third-order valence-corrected chi connectivity index (χ3v) is 7.53. The van der Waals surface area contributed by atoms with E-state index in [4.69, 9.17) is 0 Å². The smallest absolute Gasteiger partial charge is 0.260 e. The van der Waals surface area contributed by atoms with Gasteiger partial charge in [0.2, 0.25) is 5.91 Å². The molecule has 1 aliphatic heterocycles. The van der Waals surface area contributed by atoms with Crippen molar-refractivity contribution in [1.29, 1.82) is 0 Å². The first-order valence-electron chi connectivity index (χ1n) is 12.3. The van der Waals surface area contributed by atoms with Gasteiger partial charge in [0.05, 0.1) is 5.92 Å². The van der Waals surface area contributed by atoms with Crippen LogP contribution in [0, 0.1) is 13.8 Å². The molecule has 0 radical (unpaired) electrons. The van der Waals surface area contributed by atoms with E-state index >= 15 is 0 Å². The molecule has 2 aliphatic rings. The maximum atomic E-state index is 14.6. The molecule has 2 amide bonds. The summed E-state index contributed by atoms with van der Waals surface area (Å²) in [4.78, 5) is 32.3. The first kappa shape index (κ1) is 22.4. The Labute approximate surface area is 202 Å². The van der Waals surface area contributed by atoms with Gasteiger partial charge in [0.25, 0.3) is 5.91 Å². The van der Waals surface area contributed by atoms with Gasteiger partial charge in [-0.25, -0.2) is 0 Å². The van der Waals surface area contributed by atoms with Crippen LogP contribution in [0.2, 0.25) is 0 Å². The van der Waals surface area contributed by atoms with E-state index in [-0.39, 0.29) is 17.9 Å². The minimum Gasteiger partial charge on any atom is -0.344 e. The van der Waals surface area contributed by atoms with Crippen molar-refractivity contribution in [3.8, 4) is 0 Å². The van der Waals surface area contributed by atoms with Crippen molar-refractivity contribution in [2.24, 2.45) is 0 Å². The molecular formula is C30H32N2O2. The molecule has 4 nitrogen and oxygen atoms in total. The summed E-state index contributed by atoms with van der Waals surface area (Å²) < 4.78 is 0. The average molecular weight is 453 g/mol. The lowest BCUT2D eigenvalue weighted by atomic mass is 9.80. The zero-order chi connectivity index (χ0) is 23.8. The summed E-state index contributed by atoms with van der Waals surface area (Å²) in [7, 11) is 2.07. The Bertz CT molecular complexity index is 1230. The van der Waals surface area contributed by atoms with Gasteiger partial charge in [-0.1, -0.05) is 67.8 Å². The summed E-state index contributed by atoms with van der Waals surface area (Å²) in [5.41, 5.74) is 6.88. The van der Waals surface area contributed by atoms with E-state index in [9.17, 15) is 9.59 Å². The standard InChI is InChI=1S/C30H32N2O2/c1-20-18-19-21(2)28-26(20)27(24-16-10-11-17-25(24)31(28)3)30(34)32(23-14-8-5-9-15-23)29(33)22-12-6-4-7-13-22/h4,6-7,10-13,16-19,23,27H,5,8-9,14-15H2,1-3H3. The summed E-state index contributed by atoms with van der Waals surface area (Å²) in [6.45, 7) is 4.17. The van der Waals surface area contributed by atoms with Crippen molar-refractivity contribution < 1.29 is 9.59 Å². The molecule has 0 aromatic heterocycles. The molecule has 3 aromatic rings. The lowest BCUT2D eigenvalue weighted by molar-refractivity contribution is -0.131. The number of benzene rings is 3. The van der Waals surface area contributed by atoms with Crippen LogP contribution in [0.15, 0.2) is 66.7 Å². The molecule has 1 aliphatic carbocycles. The van der Waals surface area contributed by atoms with Crippen molar-refractivity contribution in [1.82, 2.24) is 4.90 Å². The Morgan fingerprint density at radius 2 is 1.47 bits per heavy atom. The number of anilines is 2. The second-order valence-corrected chi connectivity index (χ2v) is 9.68. The maximum Gasteiger partial charge on any atom is 0.260 e. The first-order valence-corrected chi connectivity index (χ1v) is 12.3. The summed E-state index contributed by atoms with van der Waals surface area (Å²) in [5.74, 6) is -0.783. The highest BCUT2D eigenvalue weighted by Crippen LogP contribution is 2.48. The quantitative estimate of drug-likeness (QED) is 0.425. The summed E-state index contributed by atoms with van der Waals surface area (Å²) in [6.07, 6.45) is 5.01.